The lowest BCUT2D eigenvalue weighted by molar-refractivity contribution is -0.148. The van der Waals surface area contributed by atoms with Crippen molar-refractivity contribution in [2.45, 2.75) is 31.1 Å². The van der Waals surface area contributed by atoms with E-state index < -0.39 is 0 Å². The van der Waals surface area contributed by atoms with E-state index in [9.17, 15) is 14.4 Å². The van der Waals surface area contributed by atoms with Gasteiger partial charge in [-0.3, -0.25) is 19.3 Å². The number of rotatable bonds is 4. The smallest absolute Gasteiger partial charge is 0.257 e. The number of aromatic nitrogens is 1. The third kappa shape index (κ3) is 5.05. The maximum atomic E-state index is 14.0. The van der Waals surface area contributed by atoms with Gasteiger partial charge in [0.15, 0.2) is 0 Å². The predicted octanol–water partition coefficient (Wildman–Crippen LogP) is 0.533. The minimum atomic E-state index is -0.382. The molecule has 3 aliphatic heterocycles. The maximum Gasteiger partial charge on any atom is 0.257 e. The molecule has 10 nitrogen and oxygen atoms in total. The Morgan fingerprint density at radius 1 is 1.14 bits per heavy atom. The molecule has 3 atom stereocenters. The van der Waals surface area contributed by atoms with E-state index in [0.29, 0.717) is 44.7 Å². The molecule has 0 unspecified atom stereocenters. The first-order valence-electron chi connectivity index (χ1n) is 12.3. The molecule has 4 heterocycles. The summed E-state index contributed by atoms with van der Waals surface area (Å²) in [6.07, 6.45) is 2.09. The summed E-state index contributed by atoms with van der Waals surface area (Å²) in [4.78, 5) is 49.6. The lowest BCUT2D eigenvalue weighted by Crippen LogP contribution is -2.61. The fraction of sp³-hybridized carbons (Fsp3) is 0.462. The highest BCUT2D eigenvalue weighted by molar-refractivity contribution is 5.96. The lowest BCUT2D eigenvalue weighted by Gasteiger charge is -2.43. The van der Waals surface area contributed by atoms with Crippen LogP contribution in [0.2, 0.25) is 0 Å². The number of pyridine rings is 1. The molecule has 3 aliphatic rings. The van der Waals surface area contributed by atoms with Gasteiger partial charge in [-0.1, -0.05) is 30.3 Å². The normalized spacial score (nSPS) is 24.6. The van der Waals surface area contributed by atoms with Crippen molar-refractivity contribution >= 4 is 17.7 Å². The van der Waals surface area contributed by atoms with Crippen molar-refractivity contribution in [2.24, 2.45) is 0 Å². The first-order chi connectivity index (χ1) is 17.5. The Balaban J connectivity index is 1.46. The number of amides is 3. The highest BCUT2D eigenvalue weighted by Crippen LogP contribution is 2.27. The van der Waals surface area contributed by atoms with Gasteiger partial charge >= 0.3 is 0 Å². The molecular formula is C26H31N5O5. The second-order valence-electron chi connectivity index (χ2n) is 9.46. The van der Waals surface area contributed by atoms with E-state index in [0.717, 1.165) is 5.56 Å². The van der Waals surface area contributed by atoms with Crippen molar-refractivity contribution in [3.8, 4) is 5.88 Å². The molecule has 2 bridgehead atoms. The van der Waals surface area contributed by atoms with E-state index in [1.807, 2.05) is 35.2 Å². The molecule has 1 N–H and O–H groups in total. The topological polar surface area (TPSA) is 104 Å². The highest BCUT2D eigenvalue weighted by Gasteiger charge is 2.43. The van der Waals surface area contributed by atoms with Crippen molar-refractivity contribution in [3.63, 3.8) is 0 Å². The minimum Gasteiger partial charge on any atom is -0.475 e. The zero-order chi connectivity index (χ0) is 25.1. The van der Waals surface area contributed by atoms with Crippen LogP contribution in [0.1, 0.15) is 22.3 Å². The molecule has 2 fully saturated rings. The molecule has 2 saturated heterocycles. The van der Waals surface area contributed by atoms with E-state index in [1.165, 1.54) is 7.11 Å². The van der Waals surface area contributed by atoms with Crippen LogP contribution < -0.4 is 10.1 Å². The van der Waals surface area contributed by atoms with Crippen molar-refractivity contribution in [1.82, 2.24) is 25.0 Å². The van der Waals surface area contributed by atoms with Crippen LogP contribution in [0.25, 0.3) is 0 Å². The number of carbonyl (C=O) groups excluding carboxylic acids is 3. The molecule has 0 radical (unpaired) electrons. The third-order valence-corrected chi connectivity index (χ3v) is 7.07. The summed E-state index contributed by atoms with van der Waals surface area (Å²) in [5.41, 5.74) is 1.47. The highest BCUT2D eigenvalue weighted by atomic mass is 16.5. The number of nitrogens with zero attached hydrogens (tertiary/aromatic N) is 4. The van der Waals surface area contributed by atoms with E-state index in [-0.39, 0.29) is 54.9 Å². The number of fused-ring (bicyclic) bond motifs is 4. The van der Waals surface area contributed by atoms with Crippen LogP contribution in [0.3, 0.4) is 0 Å². The van der Waals surface area contributed by atoms with E-state index in [2.05, 4.69) is 15.2 Å². The molecule has 1 aromatic heterocycles. The SMILES string of the molecule is COCC(=O)N1CCN2C(=O)[C@@H]3C[C@@H](CN3Cc3ccccc3)NC(=O)c3cccnc3OC[C@@H]2C1. The first-order valence-corrected chi connectivity index (χ1v) is 12.3. The number of nitrogens with one attached hydrogen (secondary N) is 1. The average molecular weight is 494 g/mol. The van der Waals surface area contributed by atoms with E-state index in [1.54, 1.807) is 23.2 Å². The Morgan fingerprint density at radius 3 is 2.78 bits per heavy atom. The second-order valence-corrected chi connectivity index (χ2v) is 9.46. The average Bonchev–Trinajstić information content (AvgIpc) is 3.29. The number of methoxy groups -OCH3 is 1. The number of hydrogen-bond acceptors (Lipinski definition) is 7. The van der Waals surface area contributed by atoms with Gasteiger partial charge in [-0.2, -0.15) is 0 Å². The van der Waals surface area contributed by atoms with Crippen LogP contribution in [0.4, 0.5) is 0 Å². The van der Waals surface area contributed by atoms with Crippen LogP contribution in [0.15, 0.2) is 48.7 Å². The van der Waals surface area contributed by atoms with Crippen molar-refractivity contribution < 1.29 is 23.9 Å². The van der Waals surface area contributed by atoms with Crippen molar-refractivity contribution in [1.29, 1.82) is 0 Å². The number of benzene rings is 1. The van der Waals surface area contributed by atoms with Gasteiger partial charge in [0, 0.05) is 52.1 Å². The molecule has 0 spiro atoms. The number of likely N-dealkylation sites (tertiary alicyclic amines) is 1. The number of ether oxygens (including phenoxy) is 2. The van der Waals surface area contributed by atoms with Crippen LogP contribution >= 0.6 is 0 Å². The van der Waals surface area contributed by atoms with Crippen LogP contribution in [-0.4, -0.2) is 102 Å². The summed E-state index contributed by atoms with van der Waals surface area (Å²) in [6, 6.07) is 12.5. The zero-order valence-corrected chi connectivity index (χ0v) is 20.3. The molecule has 190 valence electrons. The minimum absolute atomic E-state index is 0.00283. The van der Waals surface area contributed by atoms with Crippen molar-refractivity contribution in [3.05, 3.63) is 59.8 Å². The van der Waals surface area contributed by atoms with Gasteiger partial charge in [0.25, 0.3) is 5.91 Å². The fourth-order valence-corrected chi connectivity index (χ4v) is 5.30. The summed E-state index contributed by atoms with van der Waals surface area (Å²) in [7, 11) is 1.49. The van der Waals surface area contributed by atoms with Gasteiger partial charge in [0.1, 0.15) is 18.8 Å². The Hall–Kier alpha value is -3.50. The molecule has 0 saturated carbocycles. The van der Waals surface area contributed by atoms with E-state index in [4.69, 9.17) is 9.47 Å². The van der Waals surface area contributed by atoms with Gasteiger partial charge in [-0.15, -0.1) is 0 Å². The quantitative estimate of drug-likeness (QED) is 0.663. The van der Waals surface area contributed by atoms with Crippen LogP contribution in [0.5, 0.6) is 5.88 Å². The van der Waals surface area contributed by atoms with Gasteiger partial charge in [-0.25, -0.2) is 4.98 Å². The first kappa shape index (κ1) is 24.2. The predicted molar refractivity (Wildman–Crippen MR) is 130 cm³/mol. The standard InChI is InChI=1S/C26H31N5O5/c1-35-17-23(32)29-10-11-31-20(15-29)16-36-25-21(8-5-9-27-25)24(33)28-19-12-22(26(31)34)30(14-19)13-18-6-3-2-4-7-18/h2-9,19-20,22H,10-17H2,1H3,(H,28,33)/t19-,20-,22-/m0/s1. The summed E-state index contributed by atoms with van der Waals surface area (Å²) in [5.74, 6) is -0.176. The molecule has 5 rings (SSSR count). The largest absolute Gasteiger partial charge is 0.475 e. The van der Waals surface area contributed by atoms with Gasteiger partial charge in [-0.05, 0) is 24.1 Å². The summed E-state index contributed by atoms with van der Waals surface area (Å²) in [6.45, 7) is 2.45. The monoisotopic (exact) mass is 493 g/mol. The van der Waals surface area contributed by atoms with Crippen LogP contribution in [0, 0.1) is 0 Å². The Labute approximate surface area is 210 Å². The Kier molecular flexibility index (Phi) is 7.15. The summed E-state index contributed by atoms with van der Waals surface area (Å²) in [5, 5.41) is 3.09. The summed E-state index contributed by atoms with van der Waals surface area (Å²) >= 11 is 0. The molecule has 2 aromatic rings. The summed E-state index contributed by atoms with van der Waals surface area (Å²) < 4.78 is 11.0. The van der Waals surface area contributed by atoms with Crippen LogP contribution in [-0.2, 0) is 20.9 Å². The van der Waals surface area contributed by atoms with Crippen molar-refractivity contribution in [2.75, 3.05) is 46.5 Å². The molecule has 10 heteroatoms. The molecule has 36 heavy (non-hydrogen) atoms. The third-order valence-electron chi connectivity index (χ3n) is 7.07. The van der Waals surface area contributed by atoms with Gasteiger partial charge in [0.05, 0.1) is 12.1 Å². The fourth-order valence-electron chi connectivity index (χ4n) is 5.30. The molecule has 1 aromatic carbocycles. The lowest BCUT2D eigenvalue weighted by atomic mass is 10.1. The Morgan fingerprint density at radius 2 is 1.97 bits per heavy atom. The maximum absolute atomic E-state index is 14.0. The zero-order valence-electron chi connectivity index (χ0n) is 20.3. The molecule has 0 aliphatic carbocycles. The number of carbonyl (C=O) groups is 3. The van der Waals surface area contributed by atoms with Gasteiger partial charge in [0.2, 0.25) is 17.7 Å². The molecule has 3 amide bonds. The molecular weight excluding hydrogens is 462 g/mol. The number of piperazine rings is 1. The van der Waals surface area contributed by atoms with E-state index >= 15 is 0 Å². The Bertz CT molecular complexity index is 1110. The van der Waals surface area contributed by atoms with Gasteiger partial charge < -0.3 is 24.6 Å². The second kappa shape index (κ2) is 10.6. The number of hydrogen-bond donors (Lipinski definition) is 1.